The predicted molar refractivity (Wildman–Crippen MR) is 127 cm³/mol. The molecule has 4 N–H and O–H groups in total. The Morgan fingerprint density at radius 1 is 1.09 bits per heavy atom. The summed E-state index contributed by atoms with van der Waals surface area (Å²) in [6, 6.07) is 5.20. The molecule has 1 aromatic rings. The number of hydrogen-bond donors (Lipinski definition) is 4. The second kappa shape index (κ2) is 12.4. The predicted octanol–water partition coefficient (Wildman–Crippen LogP) is -0.139. The molecule has 0 aromatic heterocycles. The third-order valence-corrected chi connectivity index (χ3v) is 6.19. The molecule has 0 saturated carbocycles. The minimum absolute atomic E-state index is 0.142. The van der Waals surface area contributed by atoms with Crippen molar-refractivity contribution in [1.82, 2.24) is 20.7 Å². The number of amides is 4. The summed E-state index contributed by atoms with van der Waals surface area (Å²) >= 11 is 0. The fraction of sp³-hybridized carbons (Fsp3) is 0.522. The van der Waals surface area contributed by atoms with Gasteiger partial charge in [-0.3, -0.25) is 23.9 Å². The fourth-order valence-electron chi connectivity index (χ4n) is 3.86. The minimum atomic E-state index is -3.74. The van der Waals surface area contributed by atoms with E-state index in [0.717, 1.165) is 30.2 Å². The topological polar surface area (TPSA) is 168 Å². The normalized spacial score (nSPS) is 16.9. The second-order valence-electron chi connectivity index (χ2n) is 8.90. The van der Waals surface area contributed by atoms with E-state index in [1.54, 1.807) is 18.6 Å². The van der Waals surface area contributed by atoms with Gasteiger partial charge in [0.05, 0.1) is 18.3 Å². The Labute approximate surface area is 204 Å². The molecule has 0 saturated heterocycles. The van der Waals surface area contributed by atoms with Gasteiger partial charge < -0.3 is 20.7 Å². The van der Waals surface area contributed by atoms with Crippen molar-refractivity contribution in [2.24, 2.45) is 5.92 Å². The fourth-order valence-corrected chi connectivity index (χ4v) is 4.38. The molecule has 1 aliphatic rings. The molecule has 3 unspecified atom stereocenters. The van der Waals surface area contributed by atoms with Crippen LogP contribution in [0.2, 0.25) is 0 Å². The van der Waals surface area contributed by atoms with Crippen LogP contribution in [0.25, 0.3) is 0 Å². The van der Waals surface area contributed by atoms with Crippen LogP contribution in [0.1, 0.15) is 56.7 Å². The Kier molecular flexibility index (Phi) is 9.93. The molecular formula is C23H32N4O7S. The van der Waals surface area contributed by atoms with Crippen LogP contribution in [0.3, 0.4) is 0 Å². The highest BCUT2D eigenvalue weighted by Crippen LogP contribution is 2.29. The number of carbonyl (C=O) groups is 5. The summed E-state index contributed by atoms with van der Waals surface area (Å²) in [7, 11) is -3.74. The number of sulfonamides is 1. The average molecular weight is 509 g/mol. The van der Waals surface area contributed by atoms with Crippen molar-refractivity contribution < 1.29 is 32.4 Å². The van der Waals surface area contributed by atoms with E-state index in [1.165, 1.54) is 0 Å². The molecule has 0 bridgehead atoms. The second-order valence-corrected chi connectivity index (χ2v) is 10.6. The highest BCUT2D eigenvalue weighted by atomic mass is 32.2. The lowest BCUT2D eigenvalue weighted by molar-refractivity contribution is -0.141. The van der Waals surface area contributed by atoms with Crippen LogP contribution in [0.15, 0.2) is 24.3 Å². The van der Waals surface area contributed by atoms with Gasteiger partial charge in [-0.2, -0.15) is 0 Å². The number of nitrogens with one attached hydrogen (secondary N) is 4. The van der Waals surface area contributed by atoms with Crippen LogP contribution < -0.4 is 20.7 Å². The van der Waals surface area contributed by atoms with Crippen LogP contribution >= 0.6 is 0 Å². The molecular weight excluding hydrogens is 476 g/mol. The summed E-state index contributed by atoms with van der Waals surface area (Å²) in [6.45, 7) is 3.32. The Morgan fingerprint density at radius 2 is 1.77 bits per heavy atom. The zero-order chi connectivity index (χ0) is 26.2. The highest BCUT2D eigenvalue weighted by molar-refractivity contribution is 7.89. The van der Waals surface area contributed by atoms with Gasteiger partial charge in [-0.15, -0.1) is 0 Å². The molecule has 0 aliphatic heterocycles. The molecule has 11 nitrogen and oxygen atoms in total. The summed E-state index contributed by atoms with van der Waals surface area (Å²) in [5.74, 6) is -3.78. The van der Waals surface area contributed by atoms with Gasteiger partial charge in [-0.25, -0.2) is 8.42 Å². The SMILES string of the molecule is CC(C)C(NC(=O)C(=O)NC1CCCc2ccccc21)C(=O)NC(C=O)CCC(=O)NS(C)(=O)=O. The maximum absolute atomic E-state index is 12.7. The van der Waals surface area contributed by atoms with Gasteiger partial charge in [-0.05, 0) is 42.7 Å². The molecule has 192 valence electrons. The molecule has 0 radical (unpaired) electrons. The first kappa shape index (κ1) is 28.0. The summed E-state index contributed by atoms with van der Waals surface area (Å²) in [5, 5.41) is 7.57. The number of carbonyl (C=O) groups excluding carboxylic acids is 5. The van der Waals surface area contributed by atoms with Crippen LogP contribution in [0.5, 0.6) is 0 Å². The van der Waals surface area contributed by atoms with Gasteiger partial charge in [0.15, 0.2) is 0 Å². The molecule has 1 aliphatic carbocycles. The Hall–Kier alpha value is -3.28. The molecule has 2 rings (SSSR count). The minimum Gasteiger partial charge on any atom is -0.345 e. The quantitative estimate of drug-likeness (QED) is 0.252. The number of aldehydes is 1. The van der Waals surface area contributed by atoms with E-state index >= 15 is 0 Å². The number of benzene rings is 1. The lowest BCUT2D eigenvalue weighted by Gasteiger charge is -2.27. The first-order valence-corrected chi connectivity index (χ1v) is 13.3. The largest absolute Gasteiger partial charge is 0.345 e. The maximum atomic E-state index is 12.7. The molecule has 35 heavy (non-hydrogen) atoms. The summed E-state index contributed by atoms with van der Waals surface area (Å²) in [4.78, 5) is 60.9. The molecule has 1 aromatic carbocycles. The van der Waals surface area contributed by atoms with Crippen molar-refractivity contribution in [2.45, 2.75) is 64.1 Å². The van der Waals surface area contributed by atoms with E-state index < -0.39 is 51.7 Å². The number of fused-ring (bicyclic) bond motifs is 1. The van der Waals surface area contributed by atoms with Crippen molar-refractivity contribution in [3.8, 4) is 0 Å². The smallest absolute Gasteiger partial charge is 0.309 e. The van der Waals surface area contributed by atoms with Crippen molar-refractivity contribution in [1.29, 1.82) is 0 Å². The number of rotatable bonds is 10. The lowest BCUT2D eigenvalue weighted by atomic mass is 9.88. The first-order chi connectivity index (χ1) is 16.4. The standard InChI is InChI=1S/C23H32N4O7S/c1-14(2)20(21(30)24-16(13-28)11-12-19(29)27-35(3,33)34)26-23(32)22(31)25-18-10-6-8-15-7-4-5-9-17(15)18/h4-5,7,9,13-14,16,18,20H,6,8,10-12H2,1-3H3,(H,24,30)(H,25,31)(H,26,32)(H,27,29). The van der Waals surface area contributed by atoms with Crippen LogP contribution in [-0.4, -0.2) is 56.7 Å². The summed E-state index contributed by atoms with van der Waals surface area (Å²) in [6.07, 6.45) is 3.24. The van der Waals surface area contributed by atoms with E-state index in [0.29, 0.717) is 12.7 Å². The van der Waals surface area contributed by atoms with Gasteiger partial charge in [0.1, 0.15) is 12.3 Å². The summed E-state index contributed by atoms with van der Waals surface area (Å²) in [5.41, 5.74) is 2.08. The third-order valence-electron chi connectivity index (χ3n) is 5.59. The van der Waals surface area contributed by atoms with Gasteiger partial charge in [0.25, 0.3) is 0 Å². The Balaban J connectivity index is 1.95. The van der Waals surface area contributed by atoms with Crippen molar-refractivity contribution in [2.75, 3.05) is 6.26 Å². The van der Waals surface area contributed by atoms with E-state index in [9.17, 15) is 32.4 Å². The Morgan fingerprint density at radius 3 is 2.40 bits per heavy atom. The van der Waals surface area contributed by atoms with Gasteiger partial charge in [0.2, 0.25) is 21.8 Å². The van der Waals surface area contributed by atoms with Crippen molar-refractivity contribution in [3.05, 3.63) is 35.4 Å². The number of aryl methyl sites for hydroxylation is 1. The molecule has 3 atom stereocenters. The third kappa shape index (κ3) is 8.78. The maximum Gasteiger partial charge on any atom is 0.309 e. The van der Waals surface area contributed by atoms with Crippen LogP contribution in [0, 0.1) is 5.92 Å². The van der Waals surface area contributed by atoms with Gasteiger partial charge in [-0.1, -0.05) is 38.1 Å². The molecule has 4 amide bonds. The molecule has 12 heteroatoms. The van der Waals surface area contributed by atoms with Gasteiger partial charge in [0, 0.05) is 6.42 Å². The van der Waals surface area contributed by atoms with Crippen LogP contribution in [-0.2, 0) is 40.4 Å². The molecule has 0 fully saturated rings. The summed E-state index contributed by atoms with van der Waals surface area (Å²) < 4.78 is 24.0. The van der Waals surface area contributed by atoms with Crippen molar-refractivity contribution in [3.63, 3.8) is 0 Å². The van der Waals surface area contributed by atoms with E-state index in [1.807, 2.05) is 24.3 Å². The monoisotopic (exact) mass is 508 g/mol. The average Bonchev–Trinajstić information content (AvgIpc) is 2.78. The zero-order valence-corrected chi connectivity index (χ0v) is 20.8. The van der Waals surface area contributed by atoms with Crippen LogP contribution in [0.4, 0.5) is 0 Å². The zero-order valence-electron chi connectivity index (χ0n) is 20.0. The first-order valence-electron chi connectivity index (χ1n) is 11.4. The lowest BCUT2D eigenvalue weighted by Crippen LogP contribution is -2.55. The molecule has 0 heterocycles. The molecule has 0 spiro atoms. The van der Waals surface area contributed by atoms with Gasteiger partial charge >= 0.3 is 11.8 Å². The van der Waals surface area contributed by atoms with E-state index in [4.69, 9.17) is 0 Å². The van der Waals surface area contributed by atoms with E-state index in [2.05, 4.69) is 16.0 Å². The number of hydrogen-bond acceptors (Lipinski definition) is 7. The van der Waals surface area contributed by atoms with Crippen molar-refractivity contribution >= 4 is 39.9 Å². The van der Waals surface area contributed by atoms with E-state index in [-0.39, 0.29) is 18.9 Å². The highest BCUT2D eigenvalue weighted by Gasteiger charge is 2.30. The Bertz CT molecular complexity index is 1070.